The molecule has 0 spiro atoms. The summed E-state index contributed by atoms with van der Waals surface area (Å²) in [5, 5.41) is 25.3. The first-order valence-electron chi connectivity index (χ1n) is 11.3. The van der Waals surface area contributed by atoms with Gasteiger partial charge in [-0.1, -0.05) is 6.07 Å². The van der Waals surface area contributed by atoms with Crippen LogP contribution in [0.25, 0.3) is 22.3 Å². The van der Waals surface area contributed by atoms with Crippen LogP contribution in [0.4, 0.5) is 5.82 Å². The van der Waals surface area contributed by atoms with Gasteiger partial charge in [0.05, 0.1) is 51.8 Å². The van der Waals surface area contributed by atoms with E-state index in [2.05, 4.69) is 20.6 Å². The van der Waals surface area contributed by atoms with Gasteiger partial charge in [-0.3, -0.25) is 9.78 Å². The first kappa shape index (κ1) is 25.7. The van der Waals surface area contributed by atoms with Gasteiger partial charge in [0.2, 0.25) is 0 Å². The highest BCUT2D eigenvalue weighted by molar-refractivity contribution is 7.90. The maximum Gasteiger partial charge on any atom is 0.251 e. The molecule has 188 valence electrons. The number of nitrogens with zero attached hydrogens (tertiary/aromatic N) is 4. The van der Waals surface area contributed by atoms with Crippen LogP contribution < -0.4 is 10.6 Å². The van der Waals surface area contributed by atoms with Crippen LogP contribution in [0.3, 0.4) is 0 Å². The molecule has 0 fully saturated rings. The van der Waals surface area contributed by atoms with Crippen LogP contribution in [0.5, 0.6) is 0 Å². The van der Waals surface area contributed by atoms with Gasteiger partial charge in [0.15, 0.2) is 9.84 Å². The van der Waals surface area contributed by atoms with E-state index in [9.17, 15) is 23.6 Å². The topological polar surface area (TPSA) is 158 Å². The lowest BCUT2D eigenvalue weighted by molar-refractivity contribution is 0.0950. The molecule has 10 nitrogen and oxygen atoms in total. The predicted octanol–water partition coefficient (Wildman–Crippen LogP) is 2.69. The van der Waals surface area contributed by atoms with E-state index < -0.39 is 21.8 Å². The van der Waals surface area contributed by atoms with Gasteiger partial charge in [-0.15, -0.1) is 0 Å². The van der Waals surface area contributed by atoms with E-state index in [1.54, 1.807) is 19.2 Å². The minimum absolute atomic E-state index is 0.0656. The monoisotopic (exact) mass is 516 g/mol. The van der Waals surface area contributed by atoms with Gasteiger partial charge in [-0.25, -0.2) is 18.4 Å². The molecule has 0 bridgehead atoms. The number of rotatable bonds is 8. The Morgan fingerprint density at radius 3 is 2.62 bits per heavy atom. The largest absolute Gasteiger partial charge is 0.392 e. The average Bonchev–Trinajstić information content (AvgIpc) is 2.89. The van der Waals surface area contributed by atoms with Crippen molar-refractivity contribution >= 4 is 32.5 Å². The lowest BCUT2D eigenvalue weighted by Crippen LogP contribution is -2.23. The molecule has 0 saturated heterocycles. The van der Waals surface area contributed by atoms with E-state index in [1.165, 1.54) is 18.2 Å². The number of aromatic nitrogens is 3. The molecular formula is C26H24N6O4S. The fourth-order valence-electron chi connectivity index (χ4n) is 3.51. The van der Waals surface area contributed by atoms with Crippen molar-refractivity contribution in [1.82, 2.24) is 20.3 Å². The lowest BCUT2D eigenvalue weighted by atomic mass is 10.1. The van der Waals surface area contributed by atoms with E-state index in [4.69, 9.17) is 4.98 Å². The molecule has 1 aromatic carbocycles. The lowest BCUT2D eigenvalue weighted by Gasteiger charge is -2.10. The standard InChI is InChI=1S/C26H24N6O4S/c1-16(33)13-29-25-5-3-4-22(32-25)23-7-6-18-14-28-20(11-24(18)31-23)15-30-26(34)19-8-17(12-27)9-21(10-19)37(2,35)36/h3-11,14,16,33H,13,15H2,1-2H3,(H,29,32)(H,30,34)/t16-/m0/s1. The first-order chi connectivity index (χ1) is 17.6. The molecule has 0 unspecified atom stereocenters. The number of pyridine rings is 3. The SMILES string of the molecule is C[C@H](O)CNc1cccc(-c2ccc3cnc(CNC(=O)c4cc(C#N)cc(S(C)(=O)=O)c4)cc3n2)n1. The van der Waals surface area contributed by atoms with E-state index in [1.807, 2.05) is 36.4 Å². The number of amides is 1. The van der Waals surface area contributed by atoms with E-state index in [0.717, 1.165) is 11.6 Å². The summed E-state index contributed by atoms with van der Waals surface area (Å²) in [6, 6.07) is 16.7. The fourth-order valence-corrected chi connectivity index (χ4v) is 4.19. The molecule has 0 saturated carbocycles. The third kappa shape index (κ3) is 6.43. The highest BCUT2D eigenvalue weighted by Gasteiger charge is 2.15. The molecule has 0 radical (unpaired) electrons. The summed E-state index contributed by atoms with van der Waals surface area (Å²) in [5.74, 6) is 0.0919. The number of aliphatic hydroxyl groups is 1. The summed E-state index contributed by atoms with van der Waals surface area (Å²) in [5.41, 5.74) is 2.65. The molecule has 3 aromatic heterocycles. The van der Waals surface area contributed by atoms with Crippen LogP contribution in [0.15, 0.2) is 65.7 Å². The predicted molar refractivity (Wildman–Crippen MR) is 138 cm³/mol. The fraction of sp³-hybridized carbons (Fsp3) is 0.192. The van der Waals surface area contributed by atoms with Gasteiger partial charge in [0.1, 0.15) is 5.82 Å². The van der Waals surface area contributed by atoms with Crippen molar-refractivity contribution in [2.45, 2.75) is 24.5 Å². The zero-order chi connectivity index (χ0) is 26.6. The second kappa shape index (κ2) is 10.7. The van der Waals surface area contributed by atoms with Crippen molar-refractivity contribution in [2.75, 3.05) is 18.1 Å². The number of carbonyl (C=O) groups excluding carboxylic acids is 1. The Morgan fingerprint density at radius 1 is 1.11 bits per heavy atom. The van der Waals surface area contributed by atoms with Gasteiger partial charge < -0.3 is 15.7 Å². The van der Waals surface area contributed by atoms with Crippen LogP contribution in [0.2, 0.25) is 0 Å². The number of hydrogen-bond acceptors (Lipinski definition) is 9. The first-order valence-corrected chi connectivity index (χ1v) is 13.2. The van der Waals surface area contributed by atoms with Crippen LogP contribution in [-0.4, -0.2) is 53.3 Å². The van der Waals surface area contributed by atoms with Crippen LogP contribution >= 0.6 is 0 Å². The van der Waals surface area contributed by atoms with Gasteiger partial charge in [0.25, 0.3) is 5.91 Å². The average molecular weight is 517 g/mol. The van der Waals surface area contributed by atoms with Gasteiger partial charge in [0, 0.05) is 29.9 Å². The number of hydrogen-bond donors (Lipinski definition) is 3. The summed E-state index contributed by atoms with van der Waals surface area (Å²) in [6.45, 7) is 2.13. The van der Waals surface area contributed by atoms with Gasteiger partial charge >= 0.3 is 0 Å². The Kier molecular flexibility index (Phi) is 7.42. The molecule has 0 aliphatic rings. The zero-order valence-corrected chi connectivity index (χ0v) is 21.0. The Hall–Kier alpha value is -4.40. The smallest absolute Gasteiger partial charge is 0.251 e. The maximum absolute atomic E-state index is 12.7. The number of carbonyl (C=O) groups is 1. The number of fused-ring (bicyclic) bond motifs is 1. The van der Waals surface area contributed by atoms with Crippen molar-refractivity contribution in [3.8, 4) is 17.5 Å². The molecule has 3 heterocycles. The number of benzene rings is 1. The number of nitriles is 1. The molecule has 0 aliphatic heterocycles. The maximum atomic E-state index is 12.7. The highest BCUT2D eigenvalue weighted by atomic mass is 32.2. The molecule has 1 amide bonds. The normalized spacial score (nSPS) is 12.1. The minimum atomic E-state index is -3.59. The minimum Gasteiger partial charge on any atom is -0.392 e. The van der Waals surface area contributed by atoms with Crippen LogP contribution in [0, 0.1) is 11.3 Å². The summed E-state index contributed by atoms with van der Waals surface area (Å²) in [4.78, 5) is 26.2. The van der Waals surface area contributed by atoms with E-state index in [0.29, 0.717) is 35.0 Å². The zero-order valence-electron chi connectivity index (χ0n) is 20.1. The molecule has 1 atom stereocenters. The third-order valence-electron chi connectivity index (χ3n) is 5.38. The van der Waals surface area contributed by atoms with Crippen molar-refractivity contribution in [2.24, 2.45) is 0 Å². The van der Waals surface area contributed by atoms with E-state index in [-0.39, 0.29) is 22.6 Å². The summed E-state index contributed by atoms with van der Waals surface area (Å²) in [7, 11) is -3.59. The Morgan fingerprint density at radius 2 is 1.89 bits per heavy atom. The van der Waals surface area contributed by atoms with Crippen molar-refractivity contribution in [3.63, 3.8) is 0 Å². The van der Waals surface area contributed by atoms with Crippen LogP contribution in [0.1, 0.15) is 28.5 Å². The second-order valence-corrected chi connectivity index (χ2v) is 10.5. The Balaban J connectivity index is 1.54. The number of sulfone groups is 1. The molecule has 0 aliphatic carbocycles. The van der Waals surface area contributed by atoms with E-state index >= 15 is 0 Å². The van der Waals surface area contributed by atoms with Crippen molar-refractivity contribution in [1.29, 1.82) is 5.26 Å². The van der Waals surface area contributed by atoms with Gasteiger partial charge in [-0.05, 0) is 55.5 Å². The third-order valence-corrected chi connectivity index (χ3v) is 6.47. The summed E-state index contributed by atoms with van der Waals surface area (Å²) >= 11 is 0. The molecule has 3 N–H and O–H groups in total. The summed E-state index contributed by atoms with van der Waals surface area (Å²) < 4.78 is 23.8. The number of nitrogens with one attached hydrogen (secondary N) is 2. The molecule has 37 heavy (non-hydrogen) atoms. The highest BCUT2D eigenvalue weighted by Crippen LogP contribution is 2.21. The van der Waals surface area contributed by atoms with Crippen molar-refractivity contribution in [3.05, 3.63) is 77.6 Å². The van der Waals surface area contributed by atoms with Gasteiger partial charge in [-0.2, -0.15) is 5.26 Å². The Bertz CT molecular complexity index is 1630. The number of anilines is 1. The molecular weight excluding hydrogens is 492 g/mol. The summed E-state index contributed by atoms with van der Waals surface area (Å²) in [6.07, 6.45) is 2.16. The second-order valence-electron chi connectivity index (χ2n) is 8.52. The Labute approximate surface area is 214 Å². The molecule has 11 heteroatoms. The van der Waals surface area contributed by atoms with Crippen LogP contribution in [-0.2, 0) is 16.4 Å². The quantitative estimate of drug-likeness (QED) is 0.320. The van der Waals surface area contributed by atoms with Crippen molar-refractivity contribution < 1.29 is 18.3 Å². The molecule has 4 rings (SSSR count). The molecule has 4 aromatic rings. The number of aliphatic hydroxyl groups excluding tert-OH is 1.